The van der Waals surface area contributed by atoms with Gasteiger partial charge in [0, 0.05) is 74.4 Å². The number of nitrogens with two attached hydrogens (primary N) is 1. The Balaban J connectivity index is 0.000000135. The van der Waals surface area contributed by atoms with E-state index in [2.05, 4.69) is 45.9 Å². The average molecular weight is 1660 g/mol. The topological polar surface area (TPSA) is 291 Å². The Hall–Kier alpha value is -13.2. The van der Waals surface area contributed by atoms with E-state index in [1.807, 2.05) is 225 Å². The lowest BCUT2D eigenvalue weighted by Gasteiger charge is -2.36. The largest absolute Gasteiger partial charge is 0.497 e. The first-order valence-corrected chi connectivity index (χ1v) is 39.0. The normalized spacial score (nSPS) is 13.6. The van der Waals surface area contributed by atoms with E-state index in [9.17, 15) is 28.8 Å². The smallest absolute Gasteiger partial charge is 0.264 e. The number of nitrogens with one attached hydrogen (secondary N) is 3. The monoisotopic (exact) mass is 1660 g/mol. The van der Waals surface area contributed by atoms with Crippen LogP contribution in [0.3, 0.4) is 0 Å². The van der Waals surface area contributed by atoms with Crippen LogP contribution < -0.4 is 57.6 Å². The summed E-state index contributed by atoms with van der Waals surface area (Å²) < 4.78 is 15.4. The molecule has 9 heterocycles. The van der Waals surface area contributed by atoms with Gasteiger partial charge in [0.1, 0.15) is 81.4 Å². The Morgan fingerprint density at radius 2 is 0.788 bits per heavy atom. The molecule has 14 aromatic rings. The van der Waals surface area contributed by atoms with Crippen molar-refractivity contribution in [3.63, 3.8) is 0 Å². The molecule has 26 nitrogen and oxygen atoms in total. The number of methoxy groups -OCH3 is 2. The summed E-state index contributed by atoms with van der Waals surface area (Å²) in [6.45, 7) is 8.08. The van der Waals surface area contributed by atoms with Crippen LogP contribution in [0.15, 0.2) is 246 Å². The van der Waals surface area contributed by atoms with Crippen molar-refractivity contribution < 1.29 is 23.9 Å². The molecule has 118 heavy (non-hydrogen) atoms. The SMILES string of the molecule is COc1ccc(CN2CN(C)C(=O)c3c(Cl)ncnc32)cc1.COc1ccc(CN2CN(C)C(=O)c3c(N[C@@H](C)c4cc5cccc(Cl)c5c(=O)n4-c4ccccc4)ncnc32)cc1.C[C@H](N)c1cc2cccc(Cl)c2c(=O)n1-c1ccccc1.C[C@H](Nc1ncnc2c1C(=O)N(C)CN2)c1cc2cccc(Cl)c2c(=O)n1-c1ccccc1. The maximum absolute atomic E-state index is 13.9. The van der Waals surface area contributed by atoms with Crippen LogP contribution in [0.2, 0.25) is 20.2 Å². The molecule has 30 heteroatoms. The number of pyridine rings is 3. The second-order valence-electron chi connectivity index (χ2n) is 28.2. The summed E-state index contributed by atoms with van der Waals surface area (Å²) in [7, 11) is 8.46. The van der Waals surface area contributed by atoms with E-state index in [1.165, 1.54) is 19.0 Å². The van der Waals surface area contributed by atoms with Gasteiger partial charge in [-0.05, 0) is 145 Å². The molecule has 0 bridgehead atoms. The second-order valence-corrected chi connectivity index (χ2v) is 29.8. The number of halogens is 4. The van der Waals surface area contributed by atoms with Crippen LogP contribution in [0.25, 0.3) is 49.4 Å². The van der Waals surface area contributed by atoms with Crippen LogP contribution in [0, 0.1) is 0 Å². The minimum atomic E-state index is -0.421. The van der Waals surface area contributed by atoms with Crippen molar-refractivity contribution in [1.82, 2.24) is 58.3 Å². The highest BCUT2D eigenvalue weighted by molar-refractivity contribution is 6.36. The fourth-order valence-corrected chi connectivity index (χ4v) is 15.4. The Morgan fingerprint density at radius 3 is 1.20 bits per heavy atom. The summed E-state index contributed by atoms with van der Waals surface area (Å²) in [6, 6.07) is 64.9. The fraction of sp³-hybridized carbons (Fsp3) is 0.182. The number of rotatable bonds is 16. The molecule has 0 saturated heterocycles. The maximum atomic E-state index is 13.9. The summed E-state index contributed by atoms with van der Waals surface area (Å²) in [5.41, 5.74) is 13.1. The van der Waals surface area contributed by atoms with Crippen molar-refractivity contribution in [2.75, 3.05) is 81.1 Å². The average Bonchev–Trinajstić information content (AvgIpc) is 0.770. The van der Waals surface area contributed by atoms with Crippen LogP contribution in [-0.4, -0.2) is 131 Å². The van der Waals surface area contributed by atoms with E-state index in [4.69, 9.17) is 61.6 Å². The summed E-state index contributed by atoms with van der Waals surface area (Å²) in [5, 5.41) is 15.0. The predicted octanol–water partition coefficient (Wildman–Crippen LogP) is 15.6. The molecule has 0 aliphatic carbocycles. The zero-order valence-electron chi connectivity index (χ0n) is 65.3. The van der Waals surface area contributed by atoms with Gasteiger partial charge in [0.15, 0.2) is 0 Å². The van der Waals surface area contributed by atoms with Crippen LogP contribution in [0.4, 0.5) is 29.1 Å². The lowest BCUT2D eigenvalue weighted by Crippen LogP contribution is -2.45. The van der Waals surface area contributed by atoms with Gasteiger partial charge in [-0.3, -0.25) is 42.5 Å². The van der Waals surface area contributed by atoms with Crippen LogP contribution in [0.1, 0.15) is 98.2 Å². The Morgan fingerprint density at radius 1 is 0.424 bits per heavy atom. The summed E-state index contributed by atoms with van der Waals surface area (Å²) in [6.07, 6.45) is 4.24. The number of benzene rings is 8. The molecule has 0 spiro atoms. The number of amides is 3. The summed E-state index contributed by atoms with van der Waals surface area (Å²) in [5.74, 6) is 3.44. The van der Waals surface area contributed by atoms with Gasteiger partial charge in [0.2, 0.25) is 0 Å². The molecule has 6 aromatic heterocycles. The molecule has 0 saturated carbocycles. The minimum Gasteiger partial charge on any atom is -0.497 e. The van der Waals surface area contributed by atoms with Crippen molar-refractivity contribution >= 4 is 126 Å². The van der Waals surface area contributed by atoms with Gasteiger partial charge in [0.25, 0.3) is 34.4 Å². The molecule has 8 aromatic carbocycles. The zero-order valence-corrected chi connectivity index (χ0v) is 68.3. The highest BCUT2D eigenvalue weighted by atomic mass is 35.5. The third-order valence-corrected chi connectivity index (χ3v) is 21.5. The predicted molar refractivity (Wildman–Crippen MR) is 464 cm³/mol. The van der Waals surface area contributed by atoms with Gasteiger partial charge in [-0.1, -0.05) is 162 Å². The highest BCUT2D eigenvalue weighted by Gasteiger charge is 2.35. The molecular formula is C88H80Cl4N18O8. The number of hydrogen-bond donors (Lipinski definition) is 4. The number of para-hydroxylation sites is 3. The molecular weight excluding hydrogens is 1580 g/mol. The van der Waals surface area contributed by atoms with Gasteiger partial charge in [-0.25, -0.2) is 29.9 Å². The lowest BCUT2D eigenvalue weighted by molar-refractivity contribution is 0.0773. The van der Waals surface area contributed by atoms with E-state index < -0.39 is 6.04 Å². The van der Waals surface area contributed by atoms with E-state index in [-0.39, 0.29) is 51.6 Å². The molecule has 3 atom stereocenters. The molecule has 598 valence electrons. The molecule has 0 radical (unpaired) electrons. The Labute approximate surface area is 698 Å². The van der Waals surface area contributed by atoms with Crippen molar-refractivity contribution in [1.29, 1.82) is 0 Å². The summed E-state index contributed by atoms with van der Waals surface area (Å²) >= 11 is 25.2. The van der Waals surface area contributed by atoms with Gasteiger partial charge < -0.3 is 55.7 Å². The van der Waals surface area contributed by atoms with Gasteiger partial charge in [-0.15, -0.1) is 0 Å². The van der Waals surface area contributed by atoms with Crippen LogP contribution in [-0.2, 0) is 13.1 Å². The van der Waals surface area contributed by atoms with E-state index >= 15 is 0 Å². The first kappa shape index (κ1) is 81.3. The molecule has 17 rings (SSSR count). The summed E-state index contributed by atoms with van der Waals surface area (Å²) in [4.78, 5) is 113. The Bertz CT molecular complexity index is 6310. The number of carbonyl (C=O) groups excluding carboxylic acids is 3. The van der Waals surface area contributed by atoms with E-state index in [1.54, 1.807) is 82.0 Å². The quantitative estimate of drug-likeness (QED) is 0.0654. The third kappa shape index (κ3) is 16.8. The lowest BCUT2D eigenvalue weighted by atomic mass is 10.1. The minimum absolute atomic E-state index is 0.142. The van der Waals surface area contributed by atoms with Crippen LogP contribution in [0.5, 0.6) is 11.5 Å². The van der Waals surface area contributed by atoms with Crippen LogP contribution >= 0.6 is 46.4 Å². The van der Waals surface area contributed by atoms with Gasteiger partial charge >= 0.3 is 0 Å². The standard InChI is InChI=1S/C32H29ClN6O3.C24H21ClN6O2.C17H15ClN2O.C15H15ClN4O2/c1-20(26-16-22-8-7-11-25(33)27(22)32(41)39(26)23-9-5-4-6-10-23)36-29-28-30(35-18-34-29)38(19-37(2)31(28)40)17-21-12-14-24(42-3)15-13-21;1-14(29-22-20-21(26-12-27-22)28-13-30(2)23(20)32)18-11-15-7-6-10-17(25)19(15)24(33)31(18)16-8-4-3-5-9-16;1-11(19)15-10-12-6-5-9-14(18)16(12)17(21)20(15)13-7-3-2-4-8-13;1-19-9-20(7-10-3-5-11(22-2)6-4-10)14-12(15(19)21)13(16)17-8-18-14/h4-16,18,20H,17,19H2,1-3H3,(H,34,35,36);3-12,14H,13H2,1-2H3,(H2,26,27,28,29);2-11H,19H2,1H3;3-6,8H,7,9H2,1-2H3/t20-;14-;11-;/m000./s1. The number of ether oxygens (including phenoxy) is 2. The van der Waals surface area contributed by atoms with Crippen molar-refractivity contribution in [2.45, 2.75) is 52.0 Å². The highest BCUT2D eigenvalue weighted by Crippen LogP contribution is 2.37. The fourth-order valence-electron chi connectivity index (χ4n) is 14.4. The molecule has 3 aliphatic rings. The number of hydrogen-bond acceptors (Lipinski definition) is 20. The van der Waals surface area contributed by atoms with Crippen molar-refractivity contribution in [3.05, 3.63) is 327 Å². The van der Waals surface area contributed by atoms with Gasteiger partial charge in [-0.2, -0.15) is 0 Å². The van der Waals surface area contributed by atoms with Gasteiger partial charge in [0.05, 0.1) is 77.5 Å². The van der Waals surface area contributed by atoms with Crippen molar-refractivity contribution in [2.24, 2.45) is 5.73 Å². The first-order valence-electron chi connectivity index (χ1n) is 37.4. The van der Waals surface area contributed by atoms with Crippen molar-refractivity contribution in [3.8, 4) is 28.6 Å². The molecule has 0 fully saturated rings. The first-order chi connectivity index (χ1) is 57.0. The number of nitrogens with zero attached hydrogens (tertiary/aromatic N) is 14. The number of carbonyl (C=O) groups is 3. The number of anilines is 5. The Kier molecular flexibility index (Phi) is 24.4. The molecule has 5 N–H and O–H groups in total. The number of fused-ring (bicyclic) bond motifs is 6. The molecule has 3 aliphatic heterocycles. The molecule has 0 unspecified atom stereocenters. The third-order valence-electron chi connectivity index (χ3n) is 20.2. The van der Waals surface area contributed by atoms with E-state index in [0.29, 0.717) is 127 Å². The zero-order chi connectivity index (χ0) is 83.2. The number of aromatic nitrogens is 9. The van der Waals surface area contributed by atoms with E-state index in [0.717, 1.165) is 55.9 Å². The second kappa shape index (κ2) is 35.5. The maximum Gasteiger partial charge on any atom is 0.264 e. The molecule has 3 amide bonds.